The lowest BCUT2D eigenvalue weighted by Gasteiger charge is -2.63. The third kappa shape index (κ3) is 4.66. The molecular weight excluding hydrogens is 648 g/mol. The largest absolute Gasteiger partial charge is 0.497 e. The fourth-order valence-electron chi connectivity index (χ4n) is 9.47. The molecule has 2 bridgehead atoms. The van der Waals surface area contributed by atoms with Crippen molar-refractivity contribution in [2.75, 3.05) is 0 Å². The lowest BCUT2D eigenvalue weighted by molar-refractivity contribution is -0.213. The van der Waals surface area contributed by atoms with Gasteiger partial charge in [0.05, 0.1) is 12.4 Å². The minimum absolute atomic E-state index is 0.00135. The summed E-state index contributed by atoms with van der Waals surface area (Å²) in [5.41, 5.74) is -4.51. The molecular formula is C38H44O12. The number of hydrogen-bond acceptors (Lipinski definition) is 10. The maximum absolute atomic E-state index is 15.4. The Morgan fingerprint density at radius 3 is 1.92 bits per heavy atom. The first kappa shape index (κ1) is 34.7. The Bertz CT molecular complexity index is 1710. The predicted octanol–water partition coefficient (Wildman–Crippen LogP) is 4.15. The molecule has 0 aromatic rings. The first-order valence-electron chi connectivity index (χ1n) is 17.9. The zero-order chi connectivity index (χ0) is 35.9. The van der Waals surface area contributed by atoms with E-state index in [2.05, 4.69) is 13.8 Å². The van der Waals surface area contributed by atoms with Gasteiger partial charge in [-0.2, -0.15) is 0 Å². The molecule has 1 spiro atoms. The van der Waals surface area contributed by atoms with E-state index >= 15 is 4.79 Å². The van der Waals surface area contributed by atoms with Gasteiger partial charge in [-0.3, -0.25) is 19.2 Å². The Morgan fingerprint density at radius 2 is 1.32 bits per heavy atom. The summed E-state index contributed by atoms with van der Waals surface area (Å²) in [6.45, 7) is 6.96. The molecule has 0 aromatic carbocycles. The molecule has 8 aliphatic rings. The highest BCUT2D eigenvalue weighted by Crippen LogP contribution is 2.70. The average Bonchev–Trinajstić information content (AvgIpc) is 4.02. The minimum atomic E-state index is -1.71. The molecule has 5 heterocycles. The summed E-state index contributed by atoms with van der Waals surface area (Å²) in [4.78, 5) is 82.2. The predicted molar refractivity (Wildman–Crippen MR) is 174 cm³/mol. The van der Waals surface area contributed by atoms with Crippen LogP contribution in [-0.4, -0.2) is 87.0 Å². The van der Waals surface area contributed by atoms with Crippen molar-refractivity contribution in [2.24, 2.45) is 17.3 Å². The number of rotatable bonds is 14. The van der Waals surface area contributed by atoms with Gasteiger partial charge in [0, 0.05) is 52.5 Å². The van der Waals surface area contributed by atoms with Crippen LogP contribution in [0.4, 0.5) is 0 Å². The van der Waals surface area contributed by atoms with E-state index in [1.54, 1.807) is 0 Å². The van der Waals surface area contributed by atoms with Crippen molar-refractivity contribution in [1.82, 2.24) is 0 Å². The lowest BCUT2D eigenvalue weighted by atomic mass is 9.43. The van der Waals surface area contributed by atoms with E-state index in [1.165, 1.54) is 32.3 Å². The van der Waals surface area contributed by atoms with Gasteiger partial charge in [0.2, 0.25) is 0 Å². The second-order valence-electron chi connectivity index (χ2n) is 15.0. The highest BCUT2D eigenvalue weighted by atomic mass is 16.6. The summed E-state index contributed by atoms with van der Waals surface area (Å²) in [6, 6.07) is 0. The maximum atomic E-state index is 15.4. The molecule has 0 aromatic heterocycles. The normalized spacial score (nSPS) is 39.5. The smallest absolute Gasteiger partial charge is 0.330 e. The number of ketones is 4. The molecule has 10 atom stereocenters. The number of hydrogen-bond donors (Lipinski definition) is 2. The highest BCUT2D eigenvalue weighted by Gasteiger charge is 2.85. The van der Waals surface area contributed by atoms with Crippen molar-refractivity contribution in [3.05, 3.63) is 46.3 Å². The van der Waals surface area contributed by atoms with Crippen LogP contribution in [0.5, 0.6) is 0 Å². The topological polar surface area (TPSA) is 186 Å². The molecule has 3 aliphatic carbocycles. The molecule has 2 N–H and O–H groups in total. The van der Waals surface area contributed by atoms with Crippen LogP contribution >= 0.6 is 0 Å². The zero-order valence-corrected chi connectivity index (χ0v) is 28.8. The lowest BCUT2D eigenvalue weighted by Crippen LogP contribution is -2.74. The van der Waals surface area contributed by atoms with Crippen LogP contribution in [0, 0.1) is 17.3 Å². The maximum Gasteiger partial charge on any atom is 0.330 e. The van der Waals surface area contributed by atoms with Crippen molar-refractivity contribution in [3.8, 4) is 0 Å². The molecule has 0 amide bonds. The van der Waals surface area contributed by atoms with Gasteiger partial charge >= 0.3 is 11.9 Å². The van der Waals surface area contributed by atoms with Gasteiger partial charge in [0.1, 0.15) is 17.6 Å². The van der Waals surface area contributed by atoms with Crippen LogP contribution in [-0.2, 0) is 47.7 Å². The van der Waals surface area contributed by atoms with Gasteiger partial charge in [0.15, 0.2) is 46.5 Å². The van der Waals surface area contributed by atoms with Gasteiger partial charge in [-0.1, -0.05) is 58.1 Å². The number of fused-ring (bicyclic) bond motifs is 3. The van der Waals surface area contributed by atoms with Crippen LogP contribution < -0.4 is 0 Å². The molecule has 0 unspecified atom stereocenters. The number of carbonyl (C=O) groups excluding carboxylic acids is 4. The number of unbranched alkanes of at least 4 members (excludes halogenated alkanes) is 4. The van der Waals surface area contributed by atoms with Crippen LogP contribution in [0.15, 0.2) is 46.3 Å². The second kappa shape index (κ2) is 12.2. The third-order valence-corrected chi connectivity index (χ3v) is 12.2. The Kier molecular flexibility index (Phi) is 8.46. The summed E-state index contributed by atoms with van der Waals surface area (Å²) in [5, 5.41) is 19.0. The first-order valence-corrected chi connectivity index (χ1v) is 17.9. The summed E-state index contributed by atoms with van der Waals surface area (Å²) < 4.78 is 25.1. The number of carbonyl (C=O) groups is 6. The van der Waals surface area contributed by atoms with E-state index in [0.717, 1.165) is 38.5 Å². The average molecular weight is 693 g/mol. The summed E-state index contributed by atoms with van der Waals surface area (Å²) in [6.07, 6.45) is 5.37. The fourth-order valence-corrected chi connectivity index (χ4v) is 9.47. The minimum Gasteiger partial charge on any atom is -0.497 e. The summed E-state index contributed by atoms with van der Waals surface area (Å²) in [7, 11) is 0. The summed E-state index contributed by atoms with van der Waals surface area (Å²) >= 11 is 0. The van der Waals surface area contributed by atoms with Gasteiger partial charge in [-0.05, 0) is 33.1 Å². The quantitative estimate of drug-likeness (QED) is 0.151. The van der Waals surface area contributed by atoms with Crippen LogP contribution in [0.25, 0.3) is 0 Å². The molecule has 12 nitrogen and oxygen atoms in total. The van der Waals surface area contributed by atoms with Crippen LogP contribution in [0.1, 0.15) is 91.9 Å². The molecule has 1 saturated carbocycles. The van der Waals surface area contributed by atoms with Crippen molar-refractivity contribution in [3.63, 3.8) is 0 Å². The highest BCUT2D eigenvalue weighted by molar-refractivity contribution is 6.25. The van der Waals surface area contributed by atoms with Crippen molar-refractivity contribution in [2.45, 2.75) is 134 Å². The fraction of sp³-hybridized carbons (Fsp3) is 0.632. The molecule has 50 heavy (non-hydrogen) atoms. The second-order valence-corrected chi connectivity index (χ2v) is 15.0. The van der Waals surface area contributed by atoms with Gasteiger partial charge < -0.3 is 29.2 Å². The molecule has 0 radical (unpaired) electrons. The van der Waals surface area contributed by atoms with Crippen molar-refractivity contribution >= 4 is 35.1 Å². The number of carboxylic acids is 2. The van der Waals surface area contributed by atoms with E-state index in [0.29, 0.717) is 12.8 Å². The van der Waals surface area contributed by atoms with Crippen molar-refractivity contribution in [1.29, 1.82) is 0 Å². The Labute approximate surface area is 289 Å². The van der Waals surface area contributed by atoms with E-state index in [-0.39, 0.29) is 40.7 Å². The summed E-state index contributed by atoms with van der Waals surface area (Å²) in [5.74, 6) is -5.70. The van der Waals surface area contributed by atoms with E-state index < -0.39 is 94.0 Å². The first-order chi connectivity index (χ1) is 23.8. The molecule has 8 rings (SSSR count). The molecule has 4 fully saturated rings. The number of epoxide rings is 2. The molecule has 268 valence electrons. The SMILES string of the molecule is CCCCC[C@@H]1O[C@@H]2C3=C(C(=O)[C@@]4(C/C=C(\C)C(=O)O)O[C@H]4C3=O)[C@H]1[C@@H]1[C@@H](CCCCC)OC=C3C(=O)[C@H]4O[C@@]4(C/C=C(\C)C(=O)O)C(=O)[C@]312. The van der Waals surface area contributed by atoms with Gasteiger partial charge in [-0.15, -0.1) is 0 Å². The molecule has 3 saturated heterocycles. The van der Waals surface area contributed by atoms with Crippen molar-refractivity contribution < 1.29 is 57.9 Å². The van der Waals surface area contributed by atoms with E-state index in [1.807, 2.05) is 0 Å². The molecule has 5 aliphatic heterocycles. The van der Waals surface area contributed by atoms with E-state index in [9.17, 15) is 34.2 Å². The number of carboxylic acid groups (broad SMARTS) is 2. The third-order valence-electron chi connectivity index (χ3n) is 12.2. The monoisotopic (exact) mass is 692 g/mol. The van der Waals surface area contributed by atoms with Crippen LogP contribution in [0.3, 0.4) is 0 Å². The Morgan fingerprint density at radius 1 is 0.760 bits per heavy atom. The van der Waals surface area contributed by atoms with E-state index in [4.69, 9.17) is 18.9 Å². The van der Waals surface area contributed by atoms with Gasteiger partial charge in [-0.25, -0.2) is 9.59 Å². The standard InChI is InChI=1S/C38H44O12/c1-5-7-9-11-21-23-24-25(28(40)32-36(49-32,29(24)41)15-13-18(3)33(42)43)30(48-21)38-20(17-47-22(26(23)38)12-10-8-6-2)27(39)31-37(50-31,35(38)46)16-14-19(4)34(44)45/h13-14,17,21-23,26,30-32H,5-12,15-16H2,1-4H3,(H,42,43)(H,44,45)/b18-13+,19-14+/t21-,22+,23-,26-,30+,31+,32-,36+,37+,38+/m0/s1. The number of aliphatic carboxylic acids is 2. The Balaban J connectivity index is 1.41. The van der Waals surface area contributed by atoms with Gasteiger partial charge in [0.25, 0.3) is 0 Å². The zero-order valence-electron chi connectivity index (χ0n) is 28.8. The van der Waals surface area contributed by atoms with Crippen LogP contribution in [0.2, 0.25) is 0 Å². The number of ether oxygens (including phenoxy) is 4. The number of Topliss-reactive ketones (excluding diaryl/α,β-unsaturated/α-hetero) is 4. The Hall–Kier alpha value is -3.74. The molecule has 12 heteroatoms.